The van der Waals surface area contributed by atoms with Crippen molar-refractivity contribution in [3.63, 3.8) is 0 Å². The third kappa shape index (κ3) is 3.53. The van der Waals surface area contributed by atoms with Crippen molar-refractivity contribution in [2.24, 2.45) is 0 Å². The highest BCUT2D eigenvalue weighted by Gasteiger charge is 2.06. The molecule has 0 saturated carbocycles. The molecular weight excluding hydrogens is 283 g/mol. The molecular formula is C14H12ClFN2O2. The maximum atomic E-state index is 13.6. The number of nitro groups is 1. The lowest BCUT2D eigenvalue weighted by atomic mass is 10.2. The predicted octanol–water partition coefficient (Wildman–Crippen LogP) is 3.68. The standard InChI is InChI=1S/C14H12ClFN2O2/c15-13-3-1-2-11(14(13)16)9-17-8-10-4-6-12(7-5-10)18(19)20/h1-7,17H,8-9H2. The van der Waals surface area contributed by atoms with Gasteiger partial charge in [0.2, 0.25) is 0 Å². The van der Waals surface area contributed by atoms with Crippen molar-refractivity contribution in [2.75, 3.05) is 0 Å². The largest absolute Gasteiger partial charge is 0.309 e. The van der Waals surface area contributed by atoms with Gasteiger partial charge in [0.15, 0.2) is 0 Å². The fourth-order valence-electron chi connectivity index (χ4n) is 1.76. The van der Waals surface area contributed by atoms with Crippen LogP contribution >= 0.6 is 11.6 Å². The molecule has 0 aromatic heterocycles. The van der Waals surface area contributed by atoms with E-state index in [9.17, 15) is 14.5 Å². The number of hydrogen-bond donors (Lipinski definition) is 1. The summed E-state index contributed by atoms with van der Waals surface area (Å²) in [5.74, 6) is -0.426. The molecule has 0 radical (unpaired) electrons. The molecule has 4 nitrogen and oxygen atoms in total. The molecule has 0 amide bonds. The van der Waals surface area contributed by atoms with Gasteiger partial charge in [-0.25, -0.2) is 4.39 Å². The minimum Gasteiger partial charge on any atom is -0.309 e. The first-order chi connectivity index (χ1) is 9.58. The van der Waals surface area contributed by atoms with E-state index in [1.54, 1.807) is 24.3 Å². The molecule has 1 N–H and O–H groups in total. The average molecular weight is 295 g/mol. The lowest BCUT2D eigenvalue weighted by Crippen LogP contribution is -2.13. The van der Waals surface area contributed by atoms with Crippen molar-refractivity contribution in [2.45, 2.75) is 13.1 Å². The van der Waals surface area contributed by atoms with Crippen molar-refractivity contribution in [3.8, 4) is 0 Å². The summed E-state index contributed by atoms with van der Waals surface area (Å²) >= 11 is 5.69. The molecule has 104 valence electrons. The van der Waals surface area contributed by atoms with Gasteiger partial charge in [0, 0.05) is 30.8 Å². The van der Waals surface area contributed by atoms with E-state index in [0.29, 0.717) is 18.7 Å². The Morgan fingerprint density at radius 1 is 1.15 bits per heavy atom. The van der Waals surface area contributed by atoms with Crippen LogP contribution in [0.4, 0.5) is 10.1 Å². The average Bonchev–Trinajstić information content (AvgIpc) is 2.44. The van der Waals surface area contributed by atoms with Crippen molar-refractivity contribution in [1.29, 1.82) is 0 Å². The van der Waals surface area contributed by atoms with Crippen molar-refractivity contribution in [1.82, 2.24) is 5.32 Å². The Labute approximate surface area is 120 Å². The van der Waals surface area contributed by atoms with Crippen LogP contribution in [0.25, 0.3) is 0 Å². The maximum Gasteiger partial charge on any atom is 0.269 e. The van der Waals surface area contributed by atoms with E-state index in [2.05, 4.69) is 5.32 Å². The minimum absolute atomic E-state index is 0.0506. The van der Waals surface area contributed by atoms with E-state index in [4.69, 9.17) is 11.6 Å². The molecule has 0 atom stereocenters. The molecule has 0 saturated heterocycles. The zero-order valence-electron chi connectivity index (χ0n) is 10.5. The molecule has 0 unspecified atom stereocenters. The summed E-state index contributed by atoms with van der Waals surface area (Å²) in [6, 6.07) is 11.1. The summed E-state index contributed by atoms with van der Waals surface area (Å²) in [6.45, 7) is 0.827. The number of rotatable bonds is 5. The summed E-state index contributed by atoms with van der Waals surface area (Å²) in [5, 5.41) is 13.7. The Kier molecular flexibility index (Phi) is 4.65. The Bertz CT molecular complexity index is 617. The lowest BCUT2D eigenvalue weighted by Gasteiger charge is -2.07. The van der Waals surface area contributed by atoms with E-state index in [-0.39, 0.29) is 10.7 Å². The van der Waals surface area contributed by atoms with Gasteiger partial charge < -0.3 is 5.32 Å². The third-order valence-electron chi connectivity index (χ3n) is 2.82. The van der Waals surface area contributed by atoms with E-state index >= 15 is 0 Å². The van der Waals surface area contributed by atoms with E-state index in [1.165, 1.54) is 18.2 Å². The van der Waals surface area contributed by atoms with Gasteiger partial charge in [0.05, 0.1) is 9.95 Å². The molecule has 0 aliphatic heterocycles. The van der Waals surface area contributed by atoms with Gasteiger partial charge >= 0.3 is 0 Å². The van der Waals surface area contributed by atoms with Crippen LogP contribution in [0.1, 0.15) is 11.1 Å². The number of benzene rings is 2. The highest BCUT2D eigenvalue weighted by Crippen LogP contribution is 2.18. The highest BCUT2D eigenvalue weighted by atomic mass is 35.5. The molecule has 6 heteroatoms. The van der Waals surface area contributed by atoms with Crippen molar-refractivity contribution in [3.05, 3.63) is 74.5 Å². The Balaban J connectivity index is 1.92. The molecule has 0 aliphatic rings. The summed E-state index contributed by atoms with van der Waals surface area (Å²) in [5.41, 5.74) is 1.42. The van der Waals surface area contributed by atoms with Crippen LogP contribution in [-0.2, 0) is 13.1 Å². The van der Waals surface area contributed by atoms with Gasteiger partial charge in [-0.15, -0.1) is 0 Å². The first kappa shape index (κ1) is 14.4. The van der Waals surface area contributed by atoms with Crippen molar-refractivity contribution < 1.29 is 9.31 Å². The first-order valence-corrected chi connectivity index (χ1v) is 6.32. The van der Waals surface area contributed by atoms with Gasteiger partial charge in [-0.05, 0) is 11.6 Å². The van der Waals surface area contributed by atoms with E-state index < -0.39 is 10.7 Å². The monoisotopic (exact) mass is 294 g/mol. The molecule has 0 bridgehead atoms. The molecule has 2 aromatic carbocycles. The van der Waals surface area contributed by atoms with Crippen LogP contribution < -0.4 is 5.32 Å². The van der Waals surface area contributed by atoms with Crippen LogP contribution in [0.5, 0.6) is 0 Å². The SMILES string of the molecule is O=[N+]([O-])c1ccc(CNCc2cccc(Cl)c2F)cc1. The van der Waals surface area contributed by atoms with Gasteiger partial charge in [0.25, 0.3) is 5.69 Å². The second-order valence-corrected chi connectivity index (χ2v) is 4.65. The second kappa shape index (κ2) is 6.45. The fraction of sp³-hybridized carbons (Fsp3) is 0.143. The Morgan fingerprint density at radius 2 is 1.85 bits per heavy atom. The molecule has 2 rings (SSSR count). The summed E-state index contributed by atoms with van der Waals surface area (Å²) in [4.78, 5) is 10.1. The van der Waals surface area contributed by atoms with Crippen molar-refractivity contribution >= 4 is 17.3 Å². The van der Waals surface area contributed by atoms with Crippen LogP contribution in [0.2, 0.25) is 5.02 Å². The smallest absolute Gasteiger partial charge is 0.269 e. The van der Waals surface area contributed by atoms with Crippen LogP contribution in [-0.4, -0.2) is 4.92 Å². The topological polar surface area (TPSA) is 55.2 Å². The van der Waals surface area contributed by atoms with Crippen LogP contribution in [0.3, 0.4) is 0 Å². The number of hydrogen-bond acceptors (Lipinski definition) is 3. The lowest BCUT2D eigenvalue weighted by molar-refractivity contribution is -0.384. The normalized spacial score (nSPS) is 10.5. The van der Waals surface area contributed by atoms with Gasteiger partial charge in [0.1, 0.15) is 5.82 Å². The molecule has 0 heterocycles. The number of nitrogens with one attached hydrogen (secondary N) is 1. The van der Waals surface area contributed by atoms with E-state index in [0.717, 1.165) is 5.56 Å². The number of nitrogens with zero attached hydrogens (tertiary/aromatic N) is 1. The Hall–Kier alpha value is -1.98. The van der Waals surface area contributed by atoms with Crippen LogP contribution in [0, 0.1) is 15.9 Å². The zero-order valence-corrected chi connectivity index (χ0v) is 11.2. The Morgan fingerprint density at radius 3 is 2.50 bits per heavy atom. The number of nitro benzene ring substituents is 1. The summed E-state index contributed by atoms with van der Waals surface area (Å²) < 4.78 is 13.6. The summed E-state index contributed by atoms with van der Waals surface area (Å²) in [7, 11) is 0. The van der Waals surface area contributed by atoms with Gasteiger partial charge in [-0.2, -0.15) is 0 Å². The minimum atomic E-state index is -0.446. The van der Waals surface area contributed by atoms with Crippen LogP contribution in [0.15, 0.2) is 42.5 Å². The molecule has 20 heavy (non-hydrogen) atoms. The summed E-state index contributed by atoms with van der Waals surface area (Å²) in [6.07, 6.45) is 0. The fourth-order valence-corrected chi connectivity index (χ4v) is 1.96. The number of halogens is 2. The predicted molar refractivity (Wildman–Crippen MR) is 75.1 cm³/mol. The second-order valence-electron chi connectivity index (χ2n) is 4.24. The van der Waals surface area contributed by atoms with E-state index in [1.807, 2.05) is 0 Å². The quantitative estimate of drug-likeness (QED) is 0.676. The third-order valence-corrected chi connectivity index (χ3v) is 3.12. The molecule has 0 aliphatic carbocycles. The highest BCUT2D eigenvalue weighted by molar-refractivity contribution is 6.30. The molecule has 2 aromatic rings. The van der Waals surface area contributed by atoms with Gasteiger partial charge in [-0.3, -0.25) is 10.1 Å². The molecule has 0 fully saturated rings. The number of non-ortho nitro benzene ring substituents is 1. The van der Waals surface area contributed by atoms with Gasteiger partial charge in [-0.1, -0.05) is 35.9 Å². The zero-order chi connectivity index (χ0) is 14.5. The maximum absolute atomic E-state index is 13.6. The molecule has 0 spiro atoms. The first-order valence-electron chi connectivity index (χ1n) is 5.95.